The number of nitrogens with zero attached hydrogens (tertiary/aromatic N) is 1. The Morgan fingerprint density at radius 1 is 1.19 bits per heavy atom. The van der Waals surface area contributed by atoms with E-state index in [1.807, 2.05) is 0 Å². The van der Waals surface area contributed by atoms with Gasteiger partial charge in [-0.05, 0) is 24.5 Å². The second-order valence-corrected chi connectivity index (χ2v) is 8.16. The highest BCUT2D eigenvalue weighted by Gasteiger charge is 2.41. The minimum atomic E-state index is -4.66. The van der Waals surface area contributed by atoms with Crippen molar-refractivity contribution in [3.05, 3.63) is 29.0 Å². The van der Waals surface area contributed by atoms with Crippen molar-refractivity contribution < 1.29 is 41.4 Å². The topological polar surface area (TPSA) is 77.1 Å². The summed E-state index contributed by atoms with van der Waals surface area (Å²) >= 11 is 5.58. The predicted octanol–water partition coefficient (Wildman–Crippen LogP) is 2.91. The molecule has 0 bridgehead atoms. The smallest absolute Gasteiger partial charge is 0.484 e. The molecule has 178 valence electrons. The monoisotopic (exact) mass is 482 g/mol. The number of nitrogens with one attached hydrogen (secondary N) is 1. The van der Waals surface area contributed by atoms with E-state index < -0.39 is 24.4 Å². The predicted molar refractivity (Wildman–Crippen MR) is 105 cm³/mol. The molecular formula is C20H23ClF4N2O5. The first-order valence-electron chi connectivity index (χ1n) is 10.1. The second kappa shape index (κ2) is 10.7. The van der Waals surface area contributed by atoms with Gasteiger partial charge in [-0.2, -0.15) is 0 Å². The molecule has 1 aliphatic heterocycles. The average molecular weight is 483 g/mol. The Balaban J connectivity index is 1.27. The van der Waals surface area contributed by atoms with Crippen LogP contribution in [-0.4, -0.2) is 68.1 Å². The molecule has 0 radical (unpaired) electrons. The van der Waals surface area contributed by atoms with Crippen molar-refractivity contribution in [1.29, 1.82) is 0 Å². The molecule has 2 fully saturated rings. The molecule has 0 spiro atoms. The lowest BCUT2D eigenvalue weighted by Gasteiger charge is -2.35. The number of likely N-dealkylation sites (tertiary alicyclic amines) is 1. The summed E-state index contributed by atoms with van der Waals surface area (Å²) in [4.78, 5) is 25.8. The van der Waals surface area contributed by atoms with Crippen molar-refractivity contribution in [3.8, 4) is 5.75 Å². The molecule has 1 heterocycles. The van der Waals surface area contributed by atoms with Gasteiger partial charge in [-0.15, -0.1) is 13.2 Å². The number of hydrogen-bond donors (Lipinski definition) is 1. The van der Waals surface area contributed by atoms with Gasteiger partial charge in [0.25, 0.3) is 5.91 Å². The van der Waals surface area contributed by atoms with Crippen molar-refractivity contribution in [3.63, 3.8) is 0 Å². The highest BCUT2D eigenvalue weighted by atomic mass is 35.5. The molecule has 1 aromatic carbocycles. The van der Waals surface area contributed by atoms with Crippen LogP contribution in [0.2, 0.25) is 5.02 Å². The average Bonchev–Trinajstić information content (AvgIpc) is 3.17. The van der Waals surface area contributed by atoms with Crippen LogP contribution in [0.4, 0.5) is 17.6 Å². The van der Waals surface area contributed by atoms with E-state index in [-0.39, 0.29) is 54.6 Å². The SMILES string of the molecule is O=C(COc1ccc(Cl)c(F)c1)NCC1CCN(C(=O)COC2CC(OC(F)(F)F)C2)C1. The molecule has 32 heavy (non-hydrogen) atoms. The van der Waals surface area contributed by atoms with Gasteiger partial charge in [0.1, 0.15) is 18.2 Å². The van der Waals surface area contributed by atoms with Gasteiger partial charge in [-0.25, -0.2) is 4.39 Å². The summed E-state index contributed by atoms with van der Waals surface area (Å²) in [6, 6.07) is 3.87. The third kappa shape index (κ3) is 7.49. The van der Waals surface area contributed by atoms with Crippen LogP contribution in [0, 0.1) is 11.7 Å². The van der Waals surface area contributed by atoms with E-state index in [1.165, 1.54) is 12.1 Å². The fourth-order valence-electron chi connectivity index (χ4n) is 3.47. The fraction of sp³-hybridized carbons (Fsp3) is 0.600. The van der Waals surface area contributed by atoms with Crippen molar-refractivity contribution in [2.24, 2.45) is 5.92 Å². The zero-order valence-corrected chi connectivity index (χ0v) is 17.8. The molecule has 12 heteroatoms. The summed E-state index contributed by atoms with van der Waals surface area (Å²) in [7, 11) is 0. The zero-order chi connectivity index (χ0) is 23.3. The lowest BCUT2D eigenvalue weighted by Crippen LogP contribution is -2.42. The lowest BCUT2D eigenvalue weighted by atomic mass is 9.92. The quantitative estimate of drug-likeness (QED) is 0.548. The Kier molecular flexibility index (Phi) is 8.18. The van der Waals surface area contributed by atoms with E-state index in [0.717, 1.165) is 6.07 Å². The summed E-state index contributed by atoms with van der Waals surface area (Å²) in [5.74, 6) is -1.02. The van der Waals surface area contributed by atoms with Crippen LogP contribution < -0.4 is 10.1 Å². The van der Waals surface area contributed by atoms with Crippen molar-refractivity contribution in [1.82, 2.24) is 10.2 Å². The Bertz CT molecular complexity index is 820. The highest BCUT2D eigenvalue weighted by molar-refractivity contribution is 6.30. The molecule has 2 amide bonds. The van der Waals surface area contributed by atoms with Crippen LogP contribution in [0.5, 0.6) is 5.75 Å². The van der Waals surface area contributed by atoms with Gasteiger partial charge in [0.15, 0.2) is 6.61 Å². The Morgan fingerprint density at radius 3 is 2.62 bits per heavy atom. The van der Waals surface area contributed by atoms with Gasteiger partial charge < -0.3 is 19.7 Å². The van der Waals surface area contributed by atoms with E-state index in [0.29, 0.717) is 26.1 Å². The first kappa shape index (κ1) is 24.5. The summed E-state index contributed by atoms with van der Waals surface area (Å²) in [6.07, 6.45) is -5.10. The number of carbonyl (C=O) groups excluding carboxylic acids is 2. The number of alkyl halides is 3. The summed E-state index contributed by atoms with van der Waals surface area (Å²) in [5, 5.41) is 2.67. The summed E-state index contributed by atoms with van der Waals surface area (Å²) in [5.41, 5.74) is 0. The van der Waals surface area contributed by atoms with Crippen LogP contribution in [0.3, 0.4) is 0 Å². The normalized spacial score (nSPS) is 23.0. The number of halogens is 5. The Hall–Kier alpha value is -2.11. The van der Waals surface area contributed by atoms with Crippen LogP contribution >= 0.6 is 11.6 Å². The number of ether oxygens (including phenoxy) is 3. The Morgan fingerprint density at radius 2 is 1.94 bits per heavy atom. The molecular weight excluding hydrogens is 460 g/mol. The number of amides is 2. The summed E-state index contributed by atoms with van der Waals surface area (Å²) < 4.78 is 64.1. The molecule has 1 atom stereocenters. The first-order chi connectivity index (χ1) is 15.1. The number of rotatable bonds is 9. The van der Waals surface area contributed by atoms with Crippen molar-refractivity contribution in [2.45, 2.75) is 37.8 Å². The van der Waals surface area contributed by atoms with E-state index in [2.05, 4.69) is 10.1 Å². The van der Waals surface area contributed by atoms with Crippen molar-refractivity contribution >= 4 is 23.4 Å². The van der Waals surface area contributed by atoms with Gasteiger partial charge in [0, 0.05) is 38.5 Å². The molecule has 1 N–H and O–H groups in total. The minimum absolute atomic E-state index is 0.0418. The molecule has 1 saturated carbocycles. The van der Waals surface area contributed by atoms with Gasteiger partial charge in [-0.1, -0.05) is 11.6 Å². The van der Waals surface area contributed by atoms with E-state index in [1.54, 1.807) is 4.90 Å². The zero-order valence-electron chi connectivity index (χ0n) is 17.0. The number of hydrogen-bond acceptors (Lipinski definition) is 5. The molecule has 1 aromatic rings. The number of benzene rings is 1. The first-order valence-corrected chi connectivity index (χ1v) is 10.5. The van der Waals surface area contributed by atoms with E-state index in [9.17, 15) is 27.2 Å². The van der Waals surface area contributed by atoms with Gasteiger partial charge in [-0.3, -0.25) is 14.3 Å². The third-order valence-electron chi connectivity index (χ3n) is 5.28. The second-order valence-electron chi connectivity index (χ2n) is 7.75. The van der Waals surface area contributed by atoms with E-state index >= 15 is 0 Å². The fourth-order valence-corrected chi connectivity index (χ4v) is 3.59. The maximum atomic E-state index is 13.4. The van der Waals surface area contributed by atoms with Crippen LogP contribution in [0.1, 0.15) is 19.3 Å². The molecule has 2 aliphatic rings. The van der Waals surface area contributed by atoms with Crippen LogP contribution in [-0.2, 0) is 19.1 Å². The molecule has 3 rings (SSSR count). The molecule has 1 aliphatic carbocycles. The van der Waals surface area contributed by atoms with Crippen LogP contribution in [0.15, 0.2) is 18.2 Å². The Labute approximate surface area is 186 Å². The van der Waals surface area contributed by atoms with Crippen LogP contribution in [0.25, 0.3) is 0 Å². The van der Waals surface area contributed by atoms with Crippen molar-refractivity contribution in [2.75, 3.05) is 32.8 Å². The molecule has 7 nitrogen and oxygen atoms in total. The minimum Gasteiger partial charge on any atom is -0.484 e. The van der Waals surface area contributed by atoms with E-state index in [4.69, 9.17) is 21.1 Å². The third-order valence-corrected chi connectivity index (χ3v) is 5.59. The van der Waals surface area contributed by atoms with Gasteiger partial charge in [0.2, 0.25) is 5.91 Å². The molecule has 1 saturated heterocycles. The molecule has 1 unspecified atom stereocenters. The number of carbonyl (C=O) groups is 2. The largest absolute Gasteiger partial charge is 0.522 e. The van der Waals surface area contributed by atoms with Gasteiger partial charge >= 0.3 is 6.36 Å². The summed E-state index contributed by atoms with van der Waals surface area (Å²) in [6.45, 7) is 0.809. The highest BCUT2D eigenvalue weighted by Crippen LogP contribution is 2.32. The maximum Gasteiger partial charge on any atom is 0.522 e. The maximum absolute atomic E-state index is 13.4. The van der Waals surface area contributed by atoms with Gasteiger partial charge in [0.05, 0.1) is 17.2 Å². The lowest BCUT2D eigenvalue weighted by molar-refractivity contribution is -0.357. The standard InChI is InChI=1S/C20H23ClF4N2O5/c21-16-2-1-13(7-17(16)22)30-10-18(28)26-8-12-3-4-27(9-12)19(29)11-31-14-5-15(6-14)32-20(23,24)25/h1-2,7,12,14-15H,3-6,8-11H2,(H,26,28). The molecule has 0 aromatic heterocycles.